The highest BCUT2D eigenvalue weighted by Gasteiger charge is 2.41. The summed E-state index contributed by atoms with van der Waals surface area (Å²) in [5.41, 5.74) is -1.71. The molecular formula is C7H12F2O. The van der Waals surface area contributed by atoms with Gasteiger partial charge in [-0.15, -0.1) is 0 Å². The van der Waals surface area contributed by atoms with Crippen LogP contribution >= 0.6 is 0 Å². The van der Waals surface area contributed by atoms with E-state index in [0.717, 1.165) is 0 Å². The third-order valence-corrected chi connectivity index (χ3v) is 2.10. The lowest BCUT2D eigenvalue weighted by molar-refractivity contribution is -0.0730. The molecule has 1 aliphatic carbocycles. The van der Waals surface area contributed by atoms with Gasteiger partial charge >= 0.3 is 0 Å². The highest BCUT2D eigenvalue weighted by Crippen LogP contribution is 2.33. The van der Waals surface area contributed by atoms with Gasteiger partial charge < -0.3 is 5.11 Å². The molecule has 0 spiro atoms. The molecule has 1 saturated carbocycles. The molecule has 1 nitrogen and oxygen atoms in total. The molecule has 3 heteroatoms. The average Bonchev–Trinajstić information content (AvgIpc) is 1.83. The summed E-state index contributed by atoms with van der Waals surface area (Å²) in [7, 11) is 0. The lowest BCUT2D eigenvalue weighted by Gasteiger charge is -2.33. The van der Waals surface area contributed by atoms with Crippen LogP contribution in [0.5, 0.6) is 0 Å². The molecule has 0 aliphatic heterocycles. The number of hydrogen-bond donors (Lipinski definition) is 1. The number of aliphatic hydroxyl groups is 1. The SMILES string of the molecule is CC1(F)CCCC(F)C1O. The molecule has 3 atom stereocenters. The van der Waals surface area contributed by atoms with Crippen LogP contribution in [0, 0.1) is 0 Å². The summed E-state index contributed by atoms with van der Waals surface area (Å²) in [5, 5.41) is 8.96. The van der Waals surface area contributed by atoms with Gasteiger partial charge in [-0.25, -0.2) is 8.78 Å². The lowest BCUT2D eigenvalue weighted by atomic mass is 9.84. The van der Waals surface area contributed by atoms with Crippen LogP contribution in [-0.4, -0.2) is 23.1 Å². The highest BCUT2D eigenvalue weighted by molar-refractivity contribution is 4.91. The van der Waals surface area contributed by atoms with Gasteiger partial charge in [-0.1, -0.05) is 0 Å². The van der Waals surface area contributed by atoms with Gasteiger partial charge in [0.1, 0.15) is 17.9 Å². The largest absolute Gasteiger partial charge is 0.387 e. The van der Waals surface area contributed by atoms with E-state index in [-0.39, 0.29) is 6.42 Å². The standard InChI is InChI=1S/C7H12F2O/c1-7(9)4-2-3-5(8)6(7)10/h5-6,10H,2-4H2,1H3. The first-order chi connectivity index (χ1) is 4.54. The molecule has 0 amide bonds. The second kappa shape index (κ2) is 2.46. The van der Waals surface area contributed by atoms with E-state index in [1.54, 1.807) is 0 Å². The molecule has 0 heterocycles. The predicted molar refractivity (Wildman–Crippen MR) is 34.3 cm³/mol. The fourth-order valence-corrected chi connectivity index (χ4v) is 1.33. The molecule has 1 aliphatic rings. The van der Waals surface area contributed by atoms with E-state index in [2.05, 4.69) is 0 Å². The maximum Gasteiger partial charge on any atom is 0.136 e. The van der Waals surface area contributed by atoms with Crippen molar-refractivity contribution in [1.82, 2.24) is 0 Å². The minimum absolute atomic E-state index is 0.272. The van der Waals surface area contributed by atoms with Crippen molar-refractivity contribution >= 4 is 0 Å². The number of aliphatic hydroxyl groups excluding tert-OH is 1. The van der Waals surface area contributed by atoms with Crippen LogP contribution in [0.1, 0.15) is 26.2 Å². The Morgan fingerprint density at radius 1 is 1.60 bits per heavy atom. The van der Waals surface area contributed by atoms with Gasteiger partial charge in [-0.05, 0) is 26.2 Å². The Balaban J connectivity index is 2.60. The molecular weight excluding hydrogens is 138 g/mol. The molecule has 0 saturated heterocycles. The second-order valence-corrected chi connectivity index (χ2v) is 3.13. The van der Waals surface area contributed by atoms with Crippen LogP contribution in [0.2, 0.25) is 0 Å². The molecule has 1 rings (SSSR count). The first kappa shape index (κ1) is 7.92. The average molecular weight is 150 g/mol. The first-order valence-electron chi connectivity index (χ1n) is 3.55. The highest BCUT2D eigenvalue weighted by atomic mass is 19.2. The zero-order valence-corrected chi connectivity index (χ0v) is 5.98. The van der Waals surface area contributed by atoms with E-state index in [4.69, 9.17) is 5.11 Å². The quantitative estimate of drug-likeness (QED) is 0.556. The molecule has 10 heavy (non-hydrogen) atoms. The summed E-state index contributed by atoms with van der Waals surface area (Å²) >= 11 is 0. The summed E-state index contributed by atoms with van der Waals surface area (Å²) < 4.78 is 25.6. The Morgan fingerprint density at radius 3 is 2.60 bits per heavy atom. The van der Waals surface area contributed by atoms with E-state index in [0.29, 0.717) is 12.8 Å². The van der Waals surface area contributed by atoms with Gasteiger partial charge in [-0.2, -0.15) is 0 Å². The van der Waals surface area contributed by atoms with E-state index < -0.39 is 17.9 Å². The van der Waals surface area contributed by atoms with Gasteiger partial charge in [0.25, 0.3) is 0 Å². The van der Waals surface area contributed by atoms with E-state index in [1.807, 2.05) is 0 Å². The van der Waals surface area contributed by atoms with E-state index in [1.165, 1.54) is 6.92 Å². The molecule has 3 unspecified atom stereocenters. The molecule has 60 valence electrons. The number of rotatable bonds is 0. The maximum absolute atomic E-state index is 13.0. The fraction of sp³-hybridized carbons (Fsp3) is 1.00. The van der Waals surface area contributed by atoms with Gasteiger partial charge in [0.15, 0.2) is 0 Å². The van der Waals surface area contributed by atoms with Crippen LogP contribution in [0.4, 0.5) is 8.78 Å². The summed E-state index contributed by atoms with van der Waals surface area (Å²) in [4.78, 5) is 0. The van der Waals surface area contributed by atoms with Crippen LogP contribution < -0.4 is 0 Å². The number of halogens is 2. The van der Waals surface area contributed by atoms with Crippen LogP contribution in [-0.2, 0) is 0 Å². The van der Waals surface area contributed by atoms with Crippen molar-refractivity contribution in [2.24, 2.45) is 0 Å². The van der Waals surface area contributed by atoms with Gasteiger partial charge in [0.05, 0.1) is 0 Å². The predicted octanol–water partition coefficient (Wildman–Crippen LogP) is 1.60. The third kappa shape index (κ3) is 1.29. The van der Waals surface area contributed by atoms with Crippen LogP contribution in [0.15, 0.2) is 0 Å². The fourth-order valence-electron chi connectivity index (χ4n) is 1.33. The van der Waals surface area contributed by atoms with Gasteiger partial charge in [0, 0.05) is 0 Å². The minimum atomic E-state index is -1.71. The van der Waals surface area contributed by atoms with Gasteiger partial charge in [0.2, 0.25) is 0 Å². The monoisotopic (exact) mass is 150 g/mol. The van der Waals surface area contributed by atoms with Crippen molar-refractivity contribution in [3.63, 3.8) is 0 Å². The normalized spacial score (nSPS) is 49.2. The Kier molecular flexibility index (Phi) is 1.95. The number of alkyl halides is 2. The minimum Gasteiger partial charge on any atom is -0.387 e. The Morgan fingerprint density at radius 2 is 2.20 bits per heavy atom. The summed E-state index contributed by atoms with van der Waals surface area (Å²) in [6.45, 7) is 1.25. The smallest absolute Gasteiger partial charge is 0.136 e. The topological polar surface area (TPSA) is 20.2 Å². The lowest BCUT2D eigenvalue weighted by Crippen LogP contribution is -2.45. The molecule has 0 aromatic carbocycles. The summed E-state index contributed by atoms with van der Waals surface area (Å²) in [6, 6.07) is 0. The third-order valence-electron chi connectivity index (χ3n) is 2.10. The van der Waals surface area contributed by atoms with Gasteiger partial charge in [-0.3, -0.25) is 0 Å². The first-order valence-corrected chi connectivity index (χ1v) is 3.55. The van der Waals surface area contributed by atoms with Crippen LogP contribution in [0.3, 0.4) is 0 Å². The Bertz CT molecular complexity index is 125. The molecule has 0 aromatic rings. The van der Waals surface area contributed by atoms with Crippen molar-refractivity contribution in [3.8, 4) is 0 Å². The zero-order chi connectivity index (χ0) is 7.78. The second-order valence-electron chi connectivity index (χ2n) is 3.13. The van der Waals surface area contributed by atoms with E-state index in [9.17, 15) is 8.78 Å². The summed E-state index contributed by atoms with van der Waals surface area (Å²) in [6.07, 6.45) is -1.69. The molecule has 0 aromatic heterocycles. The van der Waals surface area contributed by atoms with Crippen molar-refractivity contribution in [2.45, 2.75) is 44.1 Å². The number of hydrogen-bond acceptors (Lipinski definition) is 1. The summed E-state index contributed by atoms with van der Waals surface area (Å²) in [5.74, 6) is 0. The molecule has 0 bridgehead atoms. The van der Waals surface area contributed by atoms with E-state index >= 15 is 0 Å². The Labute approximate surface area is 59.0 Å². The maximum atomic E-state index is 13.0. The van der Waals surface area contributed by atoms with Crippen molar-refractivity contribution in [1.29, 1.82) is 0 Å². The van der Waals surface area contributed by atoms with Crippen LogP contribution in [0.25, 0.3) is 0 Å². The zero-order valence-electron chi connectivity index (χ0n) is 5.98. The van der Waals surface area contributed by atoms with Crippen molar-refractivity contribution in [3.05, 3.63) is 0 Å². The molecule has 1 fully saturated rings. The Hall–Kier alpha value is -0.180. The van der Waals surface area contributed by atoms with Crippen molar-refractivity contribution < 1.29 is 13.9 Å². The molecule has 0 radical (unpaired) electrons. The molecule has 1 N–H and O–H groups in total. The van der Waals surface area contributed by atoms with Crippen molar-refractivity contribution in [2.75, 3.05) is 0 Å².